The van der Waals surface area contributed by atoms with Crippen LogP contribution in [0.1, 0.15) is 41.0 Å². The van der Waals surface area contributed by atoms with E-state index in [2.05, 4.69) is 11.4 Å². The fourth-order valence-electron chi connectivity index (χ4n) is 2.32. The van der Waals surface area contributed by atoms with E-state index >= 15 is 0 Å². The highest BCUT2D eigenvalue weighted by Crippen LogP contribution is 2.49. The molecule has 0 aromatic carbocycles. The highest BCUT2D eigenvalue weighted by molar-refractivity contribution is 5.88. The maximum Gasteiger partial charge on any atom is 0.240 e. The van der Waals surface area contributed by atoms with Crippen molar-refractivity contribution in [3.8, 4) is 6.07 Å². The van der Waals surface area contributed by atoms with Gasteiger partial charge in [0.25, 0.3) is 0 Å². The average molecular weight is 267 g/mol. The van der Waals surface area contributed by atoms with Gasteiger partial charge in [-0.15, -0.1) is 0 Å². The third-order valence-electron chi connectivity index (χ3n) is 4.23. The second-order valence-electron chi connectivity index (χ2n) is 6.52. The van der Waals surface area contributed by atoms with E-state index in [4.69, 9.17) is 15.7 Å². The van der Waals surface area contributed by atoms with Gasteiger partial charge < -0.3 is 15.8 Å². The first kappa shape index (κ1) is 15.9. The zero-order valence-electron chi connectivity index (χ0n) is 12.5. The number of rotatable bonds is 5. The van der Waals surface area contributed by atoms with Gasteiger partial charge in [-0.25, -0.2) is 0 Å². The molecule has 1 aliphatic carbocycles. The fraction of sp³-hybridized carbons (Fsp3) is 0.857. The average Bonchev–Trinajstić information content (AvgIpc) is 2.35. The van der Waals surface area contributed by atoms with Crippen LogP contribution in [0.3, 0.4) is 0 Å². The first-order chi connectivity index (χ1) is 8.60. The van der Waals surface area contributed by atoms with Crippen molar-refractivity contribution in [1.29, 1.82) is 5.26 Å². The molecule has 5 heteroatoms. The molecule has 1 saturated carbocycles. The lowest BCUT2D eigenvalue weighted by Crippen LogP contribution is -2.76. The summed E-state index contributed by atoms with van der Waals surface area (Å²) in [6.07, 6.45) is 0.532. The van der Waals surface area contributed by atoms with E-state index in [1.54, 1.807) is 13.8 Å². The molecule has 19 heavy (non-hydrogen) atoms. The van der Waals surface area contributed by atoms with Crippen LogP contribution in [-0.2, 0) is 9.53 Å². The van der Waals surface area contributed by atoms with Crippen molar-refractivity contribution in [3.05, 3.63) is 0 Å². The summed E-state index contributed by atoms with van der Waals surface area (Å²) in [5.41, 5.74) is 4.34. The van der Waals surface area contributed by atoms with Crippen LogP contribution in [0.15, 0.2) is 0 Å². The summed E-state index contributed by atoms with van der Waals surface area (Å²) in [6, 6.07) is 2.15. The molecule has 0 aromatic rings. The summed E-state index contributed by atoms with van der Waals surface area (Å²) in [6.45, 7) is 10.3. The topological polar surface area (TPSA) is 88.1 Å². The summed E-state index contributed by atoms with van der Waals surface area (Å²) in [5.74, 6) is -0.197. The first-order valence-electron chi connectivity index (χ1n) is 6.71. The molecule has 3 N–H and O–H groups in total. The molecule has 1 amide bonds. The van der Waals surface area contributed by atoms with Gasteiger partial charge in [0.2, 0.25) is 5.91 Å². The van der Waals surface area contributed by atoms with Crippen LogP contribution in [0.5, 0.6) is 0 Å². The van der Waals surface area contributed by atoms with Crippen molar-refractivity contribution in [2.75, 3.05) is 13.2 Å². The molecule has 5 nitrogen and oxygen atoms in total. The molecule has 0 saturated heterocycles. The second kappa shape index (κ2) is 5.10. The zero-order valence-corrected chi connectivity index (χ0v) is 12.5. The predicted molar refractivity (Wildman–Crippen MR) is 73.1 cm³/mol. The molecule has 0 heterocycles. The molecule has 108 valence electrons. The predicted octanol–water partition coefficient (Wildman–Crippen LogP) is 1.18. The molecule has 0 spiro atoms. The number of hydrogen-bond acceptors (Lipinski definition) is 4. The Morgan fingerprint density at radius 2 is 2.16 bits per heavy atom. The lowest BCUT2D eigenvalue weighted by atomic mass is 9.54. The number of hydrogen-bond donors (Lipinski definition) is 2. The number of nitrogens with zero attached hydrogens (tertiary/aromatic N) is 1. The standard InChI is InChI=1S/C14H25N3O2/c1-6-19-10-7-14(16,13(10,4)5)11(18)17-9-12(2,3)8-15/h10H,6-7,9,16H2,1-5H3,(H,17,18). The maximum absolute atomic E-state index is 12.3. The van der Waals surface area contributed by atoms with E-state index in [9.17, 15) is 4.79 Å². The highest BCUT2D eigenvalue weighted by Gasteiger charge is 2.62. The molecule has 2 atom stereocenters. The fourth-order valence-corrected chi connectivity index (χ4v) is 2.32. The van der Waals surface area contributed by atoms with Crippen LogP contribution in [0, 0.1) is 22.2 Å². The van der Waals surface area contributed by atoms with Gasteiger partial charge in [-0.2, -0.15) is 5.26 Å². The number of nitriles is 1. The Bertz CT molecular complexity index is 398. The number of carbonyl (C=O) groups excluding carboxylic acids is 1. The minimum Gasteiger partial charge on any atom is -0.378 e. The maximum atomic E-state index is 12.3. The van der Waals surface area contributed by atoms with Gasteiger partial charge >= 0.3 is 0 Å². The molecule has 1 fully saturated rings. The smallest absolute Gasteiger partial charge is 0.240 e. The van der Waals surface area contributed by atoms with Crippen molar-refractivity contribution in [2.24, 2.45) is 16.6 Å². The Morgan fingerprint density at radius 3 is 2.58 bits per heavy atom. The Kier molecular flexibility index (Phi) is 4.28. The van der Waals surface area contributed by atoms with E-state index < -0.39 is 16.4 Å². The number of nitrogens with two attached hydrogens (primary N) is 1. The minimum atomic E-state index is -0.918. The molecule has 0 radical (unpaired) electrons. The van der Waals surface area contributed by atoms with E-state index in [0.29, 0.717) is 19.6 Å². The third-order valence-corrected chi connectivity index (χ3v) is 4.23. The van der Waals surface area contributed by atoms with E-state index in [0.717, 1.165) is 0 Å². The summed E-state index contributed by atoms with van der Waals surface area (Å²) in [7, 11) is 0. The lowest BCUT2D eigenvalue weighted by molar-refractivity contribution is -0.170. The molecule has 0 bridgehead atoms. The minimum absolute atomic E-state index is 0.0113. The lowest BCUT2D eigenvalue weighted by Gasteiger charge is -2.57. The Hall–Kier alpha value is -1.12. The first-order valence-corrected chi connectivity index (χ1v) is 6.71. The SMILES string of the molecule is CCOC1CC(N)(C(=O)NCC(C)(C)C#N)C1(C)C. The molecule has 2 unspecified atom stereocenters. The van der Waals surface area contributed by atoms with Crippen LogP contribution in [0.2, 0.25) is 0 Å². The largest absolute Gasteiger partial charge is 0.378 e. The molecular formula is C14H25N3O2. The molecule has 1 rings (SSSR count). The molecule has 1 aliphatic rings. The number of ether oxygens (including phenoxy) is 1. The number of nitrogens with one attached hydrogen (secondary N) is 1. The number of carbonyl (C=O) groups is 1. The quantitative estimate of drug-likeness (QED) is 0.783. The van der Waals surface area contributed by atoms with Gasteiger partial charge in [0.1, 0.15) is 5.54 Å². The third kappa shape index (κ3) is 2.75. The van der Waals surface area contributed by atoms with Crippen molar-refractivity contribution < 1.29 is 9.53 Å². The molecule has 0 aliphatic heterocycles. The van der Waals surface area contributed by atoms with E-state index in [1.165, 1.54) is 0 Å². The summed E-state index contributed by atoms with van der Waals surface area (Å²) in [5, 5.41) is 11.7. The van der Waals surface area contributed by atoms with Crippen molar-refractivity contribution in [2.45, 2.75) is 52.7 Å². The van der Waals surface area contributed by atoms with Gasteiger partial charge in [-0.1, -0.05) is 13.8 Å². The monoisotopic (exact) mass is 267 g/mol. The van der Waals surface area contributed by atoms with Crippen molar-refractivity contribution in [3.63, 3.8) is 0 Å². The van der Waals surface area contributed by atoms with Gasteiger partial charge in [0.15, 0.2) is 0 Å². The number of amides is 1. The molecular weight excluding hydrogens is 242 g/mol. The Labute approximate surface area is 115 Å². The van der Waals surface area contributed by atoms with Crippen LogP contribution < -0.4 is 11.1 Å². The normalized spacial score (nSPS) is 29.2. The highest BCUT2D eigenvalue weighted by atomic mass is 16.5. The Morgan fingerprint density at radius 1 is 1.58 bits per heavy atom. The zero-order chi connectivity index (χ0) is 14.9. The molecule has 0 aromatic heterocycles. The van der Waals surface area contributed by atoms with Gasteiger partial charge in [0.05, 0.1) is 17.6 Å². The van der Waals surface area contributed by atoms with Crippen molar-refractivity contribution in [1.82, 2.24) is 5.32 Å². The van der Waals surface area contributed by atoms with Crippen LogP contribution in [-0.4, -0.2) is 30.7 Å². The van der Waals surface area contributed by atoms with Gasteiger partial charge in [0, 0.05) is 25.0 Å². The van der Waals surface area contributed by atoms with Crippen LogP contribution in [0.25, 0.3) is 0 Å². The summed E-state index contributed by atoms with van der Waals surface area (Å²) >= 11 is 0. The summed E-state index contributed by atoms with van der Waals surface area (Å²) < 4.78 is 5.59. The van der Waals surface area contributed by atoms with Crippen LogP contribution in [0.4, 0.5) is 0 Å². The van der Waals surface area contributed by atoms with Crippen LogP contribution >= 0.6 is 0 Å². The van der Waals surface area contributed by atoms with Gasteiger partial charge in [-0.3, -0.25) is 4.79 Å². The van der Waals surface area contributed by atoms with E-state index in [-0.39, 0.29) is 12.0 Å². The second-order valence-corrected chi connectivity index (χ2v) is 6.52. The van der Waals surface area contributed by atoms with Crippen molar-refractivity contribution >= 4 is 5.91 Å². The summed E-state index contributed by atoms with van der Waals surface area (Å²) in [4.78, 5) is 12.3. The Balaban J connectivity index is 2.66. The van der Waals surface area contributed by atoms with E-state index in [1.807, 2.05) is 20.8 Å². The van der Waals surface area contributed by atoms with Gasteiger partial charge in [-0.05, 0) is 20.8 Å².